The second kappa shape index (κ2) is 7.85. The Bertz CT molecular complexity index is 447. The molecule has 0 saturated carbocycles. The van der Waals surface area contributed by atoms with Gasteiger partial charge in [-0.05, 0) is 38.0 Å². The van der Waals surface area contributed by atoms with Crippen molar-refractivity contribution in [1.29, 1.82) is 0 Å². The largest absolute Gasteiger partial charge is 0.481 e. The first-order valence-electron chi connectivity index (χ1n) is 6.97. The molecule has 112 valence electrons. The Morgan fingerprint density at radius 3 is 2.60 bits per heavy atom. The van der Waals surface area contributed by atoms with E-state index in [0.29, 0.717) is 11.3 Å². The van der Waals surface area contributed by atoms with Crippen LogP contribution in [0.15, 0.2) is 18.2 Å². The summed E-state index contributed by atoms with van der Waals surface area (Å²) in [4.78, 5) is 12.0. The van der Waals surface area contributed by atoms with E-state index in [1.807, 2.05) is 13.8 Å². The minimum Gasteiger partial charge on any atom is -0.481 e. The lowest BCUT2D eigenvalue weighted by Gasteiger charge is -2.20. The van der Waals surface area contributed by atoms with E-state index in [0.717, 1.165) is 12.8 Å². The molecule has 1 aromatic carbocycles. The summed E-state index contributed by atoms with van der Waals surface area (Å²) < 4.78 is 18.7. The highest BCUT2D eigenvalue weighted by molar-refractivity contribution is 5.81. The van der Waals surface area contributed by atoms with Crippen LogP contribution in [-0.4, -0.2) is 18.1 Å². The zero-order chi connectivity index (χ0) is 15.1. The van der Waals surface area contributed by atoms with Gasteiger partial charge in [0.25, 0.3) is 5.91 Å². The quantitative estimate of drug-likeness (QED) is 0.807. The molecule has 0 aromatic heterocycles. The van der Waals surface area contributed by atoms with E-state index in [9.17, 15) is 9.18 Å². The summed E-state index contributed by atoms with van der Waals surface area (Å²) in [6, 6.07) is 4.26. The molecule has 20 heavy (non-hydrogen) atoms. The SMILES string of the molecule is CCC(CC)NC(=O)C(C)Oc1ccc(F)cc1CN. The van der Waals surface area contributed by atoms with Crippen LogP contribution in [0.25, 0.3) is 0 Å². The molecule has 0 aliphatic heterocycles. The number of halogens is 1. The number of carbonyl (C=O) groups excluding carboxylic acids is 1. The molecule has 3 N–H and O–H groups in total. The third kappa shape index (κ3) is 4.49. The van der Waals surface area contributed by atoms with Crippen LogP contribution in [0.4, 0.5) is 4.39 Å². The van der Waals surface area contributed by atoms with Gasteiger partial charge in [-0.15, -0.1) is 0 Å². The van der Waals surface area contributed by atoms with Crippen molar-refractivity contribution in [3.05, 3.63) is 29.6 Å². The molecule has 0 bridgehead atoms. The van der Waals surface area contributed by atoms with Crippen molar-refractivity contribution in [2.45, 2.75) is 52.3 Å². The zero-order valence-corrected chi connectivity index (χ0v) is 12.3. The second-order valence-corrected chi connectivity index (χ2v) is 4.74. The summed E-state index contributed by atoms with van der Waals surface area (Å²) in [5.41, 5.74) is 6.10. The number of hydrogen-bond donors (Lipinski definition) is 2. The van der Waals surface area contributed by atoms with Crippen LogP contribution in [0.3, 0.4) is 0 Å². The van der Waals surface area contributed by atoms with Gasteiger partial charge in [-0.25, -0.2) is 4.39 Å². The zero-order valence-electron chi connectivity index (χ0n) is 12.3. The molecule has 0 saturated heterocycles. The lowest BCUT2D eigenvalue weighted by molar-refractivity contribution is -0.128. The molecule has 0 aliphatic carbocycles. The number of benzene rings is 1. The summed E-state index contributed by atoms with van der Waals surface area (Å²) in [6.45, 7) is 5.87. The van der Waals surface area contributed by atoms with Gasteiger partial charge in [0.05, 0.1) is 0 Å². The van der Waals surface area contributed by atoms with Crippen molar-refractivity contribution in [1.82, 2.24) is 5.32 Å². The van der Waals surface area contributed by atoms with Crippen molar-refractivity contribution in [3.63, 3.8) is 0 Å². The molecule has 0 spiro atoms. The van der Waals surface area contributed by atoms with E-state index < -0.39 is 6.10 Å². The predicted molar refractivity (Wildman–Crippen MR) is 76.9 cm³/mol. The van der Waals surface area contributed by atoms with Crippen LogP contribution in [0.2, 0.25) is 0 Å². The van der Waals surface area contributed by atoms with Crippen molar-refractivity contribution in [2.24, 2.45) is 5.73 Å². The maximum absolute atomic E-state index is 13.1. The molecule has 5 heteroatoms. The topological polar surface area (TPSA) is 64.3 Å². The normalized spacial score (nSPS) is 12.3. The first-order valence-corrected chi connectivity index (χ1v) is 6.97. The van der Waals surface area contributed by atoms with Crippen LogP contribution in [0.5, 0.6) is 5.75 Å². The molecule has 1 unspecified atom stereocenters. The fourth-order valence-electron chi connectivity index (χ4n) is 1.88. The molecular formula is C15H23FN2O2. The van der Waals surface area contributed by atoms with Gasteiger partial charge in [-0.3, -0.25) is 4.79 Å². The van der Waals surface area contributed by atoms with E-state index in [1.165, 1.54) is 18.2 Å². The lowest BCUT2D eigenvalue weighted by Crippen LogP contribution is -2.42. The summed E-state index contributed by atoms with van der Waals surface area (Å²) >= 11 is 0. The van der Waals surface area contributed by atoms with Crippen LogP contribution in [-0.2, 0) is 11.3 Å². The minimum atomic E-state index is -0.647. The summed E-state index contributed by atoms with van der Waals surface area (Å²) in [5, 5.41) is 2.92. The third-order valence-electron chi connectivity index (χ3n) is 3.25. The standard InChI is InChI=1S/C15H23FN2O2/c1-4-13(5-2)18-15(19)10(3)20-14-7-6-12(16)8-11(14)9-17/h6-8,10,13H,4-5,9,17H2,1-3H3,(H,18,19). The van der Waals surface area contributed by atoms with Crippen LogP contribution in [0, 0.1) is 5.82 Å². The average molecular weight is 282 g/mol. The first kappa shape index (κ1) is 16.4. The van der Waals surface area contributed by atoms with Crippen LogP contribution < -0.4 is 15.8 Å². The van der Waals surface area contributed by atoms with Crippen molar-refractivity contribution >= 4 is 5.91 Å². The Hall–Kier alpha value is -1.62. The maximum atomic E-state index is 13.1. The smallest absolute Gasteiger partial charge is 0.260 e. The highest BCUT2D eigenvalue weighted by Gasteiger charge is 2.18. The number of nitrogens with one attached hydrogen (secondary N) is 1. The maximum Gasteiger partial charge on any atom is 0.260 e. The molecule has 0 fully saturated rings. The van der Waals surface area contributed by atoms with Gasteiger partial charge in [-0.2, -0.15) is 0 Å². The Labute approximate surface area is 119 Å². The fraction of sp³-hybridized carbons (Fsp3) is 0.533. The highest BCUT2D eigenvalue weighted by Crippen LogP contribution is 2.20. The van der Waals surface area contributed by atoms with E-state index in [2.05, 4.69) is 5.32 Å². The first-order chi connectivity index (χ1) is 9.51. The number of rotatable bonds is 7. The number of ether oxygens (including phenoxy) is 1. The molecule has 0 radical (unpaired) electrons. The van der Waals surface area contributed by atoms with Crippen molar-refractivity contribution < 1.29 is 13.9 Å². The van der Waals surface area contributed by atoms with E-state index in [1.54, 1.807) is 6.92 Å². The molecule has 4 nitrogen and oxygen atoms in total. The second-order valence-electron chi connectivity index (χ2n) is 4.74. The van der Waals surface area contributed by atoms with E-state index >= 15 is 0 Å². The molecule has 0 heterocycles. The molecule has 1 rings (SSSR count). The third-order valence-corrected chi connectivity index (χ3v) is 3.25. The van der Waals surface area contributed by atoms with Gasteiger partial charge in [0, 0.05) is 18.2 Å². The predicted octanol–water partition coefficient (Wildman–Crippen LogP) is 2.36. The fourth-order valence-corrected chi connectivity index (χ4v) is 1.88. The van der Waals surface area contributed by atoms with Gasteiger partial charge in [0.2, 0.25) is 0 Å². The van der Waals surface area contributed by atoms with Gasteiger partial charge in [-0.1, -0.05) is 13.8 Å². The summed E-state index contributed by atoms with van der Waals surface area (Å²) in [6.07, 6.45) is 1.10. The molecular weight excluding hydrogens is 259 g/mol. The van der Waals surface area contributed by atoms with Gasteiger partial charge < -0.3 is 15.8 Å². The number of amides is 1. The number of nitrogens with two attached hydrogens (primary N) is 1. The van der Waals surface area contributed by atoms with Crippen LogP contribution >= 0.6 is 0 Å². The average Bonchev–Trinajstić information content (AvgIpc) is 2.45. The number of hydrogen-bond acceptors (Lipinski definition) is 3. The number of carbonyl (C=O) groups is 1. The monoisotopic (exact) mass is 282 g/mol. The molecule has 1 atom stereocenters. The minimum absolute atomic E-state index is 0.149. The van der Waals surface area contributed by atoms with Crippen LogP contribution in [0.1, 0.15) is 39.2 Å². The van der Waals surface area contributed by atoms with E-state index in [-0.39, 0.29) is 24.3 Å². The Morgan fingerprint density at radius 2 is 2.05 bits per heavy atom. The van der Waals surface area contributed by atoms with Gasteiger partial charge in [0.1, 0.15) is 11.6 Å². The Kier molecular flexibility index (Phi) is 6.45. The van der Waals surface area contributed by atoms with Crippen molar-refractivity contribution in [2.75, 3.05) is 0 Å². The molecule has 0 aliphatic rings. The highest BCUT2D eigenvalue weighted by atomic mass is 19.1. The summed E-state index contributed by atoms with van der Waals surface area (Å²) in [5.74, 6) is -0.0981. The Morgan fingerprint density at radius 1 is 1.40 bits per heavy atom. The molecule has 1 aromatic rings. The van der Waals surface area contributed by atoms with Gasteiger partial charge in [0.15, 0.2) is 6.10 Å². The van der Waals surface area contributed by atoms with Gasteiger partial charge >= 0.3 is 0 Å². The lowest BCUT2D eigenvalue weighted by atomic mass is 10.1. The van der Waals surface area contributed by atoms with E-state index in [4.69, 9.17) is 10.5 Å². The van der Waals surface area contributed by atoms with Crippen molar-refractivity contribution in [3.8, 4) is 5.75 Å². The molecule has 1 amide bonds. The Balaban J connectivity index is 2.70. The summed E-state index contributed by atoms with van der Waals surface area (Å²) in [7, 11) is 0.